The summed E-state index contributed by atoms with van der Waals surface area (Å²) in [7, 11) is 0. The molecule has 1 rings (SSSR count). The molecule has 12 heteroatoms. The standard InChI is InChI=1S/C17H29N7O5/c1-10(17(28)29)22-15(26)12(4-2-3-5-18)24-16(27)13(23-14(25)7-19)6-11-8-20-9-21-11/h8-10,12-13H,2-7,18-19H2,1H3,(H,20,21)(H,22,26)(H,23,25)(H,24,27)(H,28,29). The number of aliphatic carboxylic acids is 1. The maximum atomic E-state index is 12.8. The van der Waals surface area contributed by atoms with E-state index in [9.17, 15) is 19.2 Å². The summed E-state index contributed by atoms with van der Waals surface area (Å²) >= 11 is 0. The third kappa shape index (κ3) is 8.70. The van der Waals surface area contributed by atoms with E-state index < -0.39 is 41.8 Å². The van der Waals surface area contributed by atoms with Crippen molar-refractivity contribution in [2.45, 2.75) is 50.7 Å². The Bertz CT molecular complexity index is 680. The largest absolute Gasteiger partial charge is 0.480 e. The number of carbonyl (C=O) groups excluding carboxylic acids is 3. The Morgan fingerprint density at radius 2 is 1.79 bits per heavy atom. The molecule has 0 fully saturated rings. The number of hydrogen-bond donors (Lipinski definition) is 7. The number of carboxylic acid groups (broad SMARTS) is 1. The lowest BCUT2D eigenvalue weighted by molar-refractivity contribution is -0.141. The van der Waals surface area contributed by atoms with Gasteiger partial charge in [0.1, 0.15) is 18.1 Å². The summed E-state index contributed by atoms with van der Waals surface area (Å²) in [5.41, 5.74) is 11.4. The van der Waals surface area contributed by atoms with Gasteiger partial charge in [-0.25, -0.2) is 4.98 Å². The highest BCUT2D eigenvalue weighted by atomic mass is 16.4. The maximum absolute atomic E-state index is 12.8. The average Bonchev–Trinajstić information content (AvgIpc) is 3.19. The molecule has 0 aliphatic rings. The fourth-order valence-corrected chi connectivity index (χ4v) is 2.49. The molecule has 3 atom stereocenters. The molecule has 0 aliphatic heterocycles. The zero-order valence-electron chi connectivity index (χ0n) is 16.3. The quantitative estimate of drug-likeness (QED) is 0.174. The summed E-state index contributed by atoms with van der Waals surface area (Å²) in [4.78, 5) is 54.6. The van der Waals surface area contributed by atoms with E-state index in [0.29, 0.717) is 25.1 Å². The second-order valence-corrected chi connectivity index (χ2v) is 6.52. The Hall–Kier alpha value is -2.99. The highest BCUT2D eigenvalue weighted by Crippen LogP contribution is 2.05. The highest BCUT2D eigenvalue weighted by molar-refractivity contribution is 5.93. The first-order chi connectivity index (χ1) is 13.8. The lowest BCUT2D eigenvalue weighted by Crippen LogP contribution is -2.56. The summed E-state index contributed by atoms with van der Waals surface area (Å²) in [6.07, 6.45) is 4.51. The van der Waals surface area contributed by atoms with E-state index in [0.717, 1.165) is 0 Å². The van der Waals surface area contributed by atoms with Crippen molar-refractivity contribution < 1.29 is 24.3 Å². The highest BCUT2D eigenvalue weighted by Gasteiger charge is 2.28. The molecule has 3 amide bonds. The Labute approximate surface area is 168 Å². The maximum Gasteiger partial charge on any atom is 0.325 e. The van der Waals surface area contributed by atoms with Gasteiger partial charge < -0.3 is 37.5 Å². The van der Waals surface area contributed by atoms with Crippen LogP contribution < -0.4 is 27.4 Å². The van der Waals surface area contributed by atoms with Crippen molar-refractivity contribution in [1.82, 2.24) is 25.9 Å². The second kappa shape index (κ2) is 12.5. The first kappa shape index (κ1) is 24.0. The molecule has 3 unspecified atom stereocenters. The topological polar surface area (TPSA) is 205 Å². The molecule has 0 saturated heterocycles. The minimum atomic E-state index is -1.20. The predicted molar refractivity (Wildman–Crippen MR) is 103 cm³/mol. The molecule has 0 aliphatic carbocycles. The number of amides is 3. The smallest absolute Gasteiger partial charge is 0.325 e. The zero-order valence-corrected chi connectivity index (χ0v) is 16.3. The molecule has 1 heterocycles. The van der Waals surface area contributed by atoms with Crippen LogP contribution in [0.1, 0.15) is 31.9 Å². The summed E-state index contributed by atoms with van der Waals surface area (Å²) in [5, 5.41) is 16.4. The van der Waals surface area contributed by atoms with Crippen molar-refractivity contribution in [2.24, 2.45) is 11.5 Å². The van der Waals surface area contributed by atoms with Crippen molar-refractivity contribution in [3.05, 3.63) is 18.2 Å². The zero-order chi connectivity index (χ0) is 21.8. The Morgan fingerprint density at radius 1 is 1.10 bits per heavy atom. The summed E-state index contributed by atoms with van der Waals surface area (Å²) < 4.78 is 0. The van der Waals surface area contributed by atoms with Crippen LogP contribution in [0.4, 0.5) is 0 Å². The molecule has 1 aromatic rings. The summed E-state index contributed by atoms with van der Waals surface area (Å²) in [6.45, 7) is 1.44. The van der Waals surface area contributed by atoms with Gasteiger partial charge in [-0.3, -0.25) is 19.2 Å². The van der Waals surface area contributed by atoms with Crippen LogP contribution in [0.3, 0.4) is 0 Å². The van der Waals surface area contributed by atoms with Gasteiger partial charge in [-0.15, -0.1) is 0 Å². The molecule has 12 nitrogen and oxygen atoms in total. The van der Waals surface area contributed by atoms with Gasteiger partial charge >= 0.3 is 5.97 Å². The van der Waals surface area contributed by atoms with Gasteiger partial charge in [0.25, 0.3) is 0 Å². The van der Waals surface area contributed by atoms with E-state index in [1.165, 1.54) is 19.4 Å². The molecular formula is C17H29N7O5. The fraction of sp³-hybridized carbons (Fsp3) is 0.588. The van der Waals surface area contributed by atoms with Crippen LogP contribution in [-0.4, -0.2) is 70.0 Å². The van der Waals surface area contributed by atoms with Crippen molar-refractivity contribution >= 4 is 23.7 Å². The van der Waals surface area contributed by atoms with E-state index in [1.54, 1.807) is 0 Å². The molecular weight excluding hydrogens is 382 g/mol. The van der Waals surface area contributed by atoms with Crippen LogP contribution in [-0.2, 0) is 25.6 Å². The molecule has 0 bridgehead atoms. The number of imidazole rings is 1. The predicted octanol–water partition coefficient (Wildman–Crippen LogP) is -2.40. The number of aromatic amines is 1. The number of hydrogen-bond acceptors (Lipinski definition) is 7. The number of nitrogens with zero attached hydrogens (tertiary/aromatic N) is 1. The minimum Gasteiger partial charge on any atom is -0.480 e. The second-order valence-electron chi connectivity index (χ2n) is 6.52. The Balaban J connectivity index is 2.88. The number of H-pyrrole nitrogens is 1. The van der Waals surface area contributed by atoms with Crippen LogP contribution in [0.15, 0.2) is 12.5 Å². The molecule has 0 radical (unpaired) electrons. The number of nitrogens with two attached hydrogens (primary N) is 2. The SMILES string of the molecule is CC(NC(=O)C(CCCCN)NC(=O)C(Cc1cnc[nH]1)NC(=O)CN)C(=O)O. The molecule has 162 valence electrons. The van der Waals surface area contributed by atoms with Gasteiger partial charge in [-0.1, -0.05) is 0 Å². The van der Waals surface area contributed by atoms with Crippen molar-refractivity contribution in [2.75, 3.05) is 13.1 Å². The number of nitrogens with one attached hydrogen (secondary N) is 4. The Morgan fingerprint density at radius 3 is 2.34 bits per heavy atom. The molecule has 0 aromatic carbocycles. The van der Waals surface area contributed by atoms with Crippen molar-refractivity contribution in [3.63, 3.8) is 0 Å². The van der Waals surface area contributed by atoms with E-state index in [1.807, 2.05) is 0 Å². The van der Waals surface area contributed by atoms with Crippen LogP contribution in [0.2, 0.25) is 0 Å². The summed E-state index contributed by atoms with van der Waals surface area (Å²) in [6, 6.07) is -3.09. The van der Waals surface area contributed by atoms with Gasteiger partial charge in [-0.2, -0.15) is 0 Å². The van der Waals surface area contributed by atoms with Crippen LogP contribution in [0, 0.1) is 0 Å². The minimum absolute atomic E-state index is 0.111. The summed E-state index contributed by atoms with van der Waals surface area (Å²) in [5.74, 6) is -2.96. The van der Waals surface area contributed by atoms with Gasteiger partial charge in [0.2, 0.25) is 17.7 Å². The monoisotopic (exact) mass is 411 g/mol. The van der Waals surface area contributed by atoms with E-state index in [2.05, 4.69) is 25.9 Å². The van der Waals surface area contributed by atoms with Crippen molar-refractivity contribution in [1.29, 1.82) is 0 Å². The van der Waals surface area contributed by atoms with E-state index in [-0.39, 0.29) is 19.4 Å². The number of aromatic nitrogens is 2. The van der Waals surface area contributed by atoms with Gasteiger partial charge in [0.15, 0.2) is 0 Å². The molecule has 0 saturated carbocycles. The van der Waals surface area contributed by atoms with E-state index >= 15 is 0 Å². The third-order valence-corrected chi connectivity index (χ3v) is 4.13. The van der Waals surface area contributed by atoms with Crippen molar-refractivity contribution in [3.8, 4) is 0 Å². The molecule has 1 aromatic heterocycles. The first-order valence-electron chi connectivity index (χ1n) is 9.28. The molecule has 9 N–H and O–H groups in total. The average molecular weight is 411 g/mol. The van der Waals surface area contributed by atoms with E-state index in [4.69, 9.17) is 16.6 Å². The molecule has 0 spiro atoms. The number of rotatable bonds is 13. The lowest BCUT2D eigenvalue weighted by atomic mass is 10.1. The van der Waals surface area contributed by atoms with Gasteiger partial charge in [0, 0.05) is 18.3 Å². The van der Waals surface area contributed by atoms with Crippen LogP contribution in [0.5, 0.6) is 0 Å². The Kier molecular flexibility index (Phi) is 10.3. The number of carboxylic acids is 1. The first-order valence-corrected chi connectivity index (χ1v) is 9.28. The van der Waals surface area contributed by atoms with Gasteiger partial charge in [-0.05, 0) is 32.7 Å². The molecule has 29 heavy (non-hydrogen) atoms. The normalized spacial score (nSPS) is 13.8. The number of unbranched alkanes of at least 4 members (excludes halogenated alkanes) is 1. The van der Waals surface area contributed by atoms with Gasteiger partial charge in [0.05, 0.1) is 12.9 Å². The van der Waals surface area contributed by atoms with Crippen LogP contribution >= 0.6 is 0 Å². The number of carbonyl (C=O) groups is 4. The lowest BCUT2D eigenvalue weighted by Gasteiger charge is -2.23. The van der Waals surface area contributed by atoms with Crippen LogP contribution in [0.25, 0.3) is 0 Å². The third-order valence-electron chi connectivity index (χ3n) is 4.13. The fourth-order valence-electron chi connectivity index (χ4n) is 2.49.